The van der Waals surface area contributed by atoms with Crippen molar-refractivity contribution in [2.45, 2.75) is 46.0 Å². The van der Waals surface area contributed by atoms with Gasteiger partial charge in [0, 0.05) is 18.3 Å². The van der Waals surface area contributed by atoms with Crippen LogP contribution in [-0.2, 0) is 19.1 Å². The highest BCUT2D eigenvalue weighted by molar-refractivity contribution is 5.91. The molecule has 0 aromatic rings. The molecule has 1 aliphatic carbocycles. The van der Waals surface area contributed by atoms with Gasteiger partial charge < -0.3 is 9.53 Å². The van der Waals surface area contributed by atoms with Crippen LogP contribution in [0.1, 0.15) is 46.0 Å². The number of hydrogen-bond acceptors (Lipinski definition) is 4. The molecule has 2 atom stereocenters. The van der Waals surface area contributed by atoms with Gasteiger partial charge in [-0.2, -0.15) is 0 Å². The summed E-state index contributed by atoms with van der Waals surface area (Å²) in [6, 6.07) is 0. The Hall–Kier alpha value is -1.19. The topological polar surface area (TPSA) is 60.4 Å². The fraction of sp³-hybridized carbons (Fsp3) is 0.769. The van der Waals surface area contributed by atoms with Crippen LogP contribution in [-0.4, -0.2) is 24.1 Å². The summed E-state index contributed by atoms with van der Waals surface area (Å²) in [6.45, 7) is 3.60. The molecule has 1 rings (SSSR count). The van der Waals surface area contributed by atoms with Crippen molar-refractivity contribution < 1.29 is 19.1 Å². The van der Waals surface area contributed by atoms with Crippen molar-refractivity contribution in [2.75, 3.05) is 6.61 Å². The van der Waals surface area contributed by atoms with Crippen molar-refractivity contribution in [3.63, 3.8) is 0 Å². The Kier molecular flexibility index (Phi) is 5.32. The van der Waals surface area contributed by atoms with Gasteiger partial charge in [-0.25, -0.2) is 0 Å². The molecule has 0 aromatic carbocycles. The van der Waals surface area contributed by atoms with Crippen LogP contribution in [0.15, 0.2) is 0 Å². The second-order valence-electron chi connectivity index (χ2n) is 4.64. The third-order valence-corrected chi connectivity index (χ3v) is 3.16. The first-order valence-corrected chi connectivity index (χ1v) is 6.23. The van der Waals surface area contributed by atoms with Gasteiger partial charge in [-0.15, -0.1) is 0 Å². The van der Waals surface area contributed by atoms with E-state index in [0.29, 0.717) is 13.0 Å². The van der Waals surface area contributed by atoms with Crippen molar-refractivity contribution in [1.82, 2.24) is 0 Å². The minimum atomic E-state index is -0.311. The van der Waals surface area contributed by atoms with Gasteiger partial charge in [0.25, 0.3) is 0 Å². The van der Waals surface area contributed by atoms with Crippen LogP contribution in [0, 0.1) is 11.8 Å². The molecule has 0 spiro atoms. The zero-order chi connectivity index (χ0) is 12.8. The van der Waals surface area contributed by atoms with E-state index in [4.69, 9.17) is 4.74 Å². The standard InChI is InChI=1S/C13H20O4/c1-3-17-12(15)8-11-6-4-5-10(13(11)16)7-9(2)14/h10-11H,3-8H2,1-2H3/t10-,11-/m1/s1. The van der Waals surface area contributed by atoms with E-state index >= 15 is 0 Å². The lowest BCUT2D eigenvalue weighted by atomic mass is 9.77. The highest BCUT2D eigenvalue weighted by atomic mass is 16.5. The van der Waals surface area contributed by atoms with Crippen LogP contribution in [0.5, 0.6) is 0 Å². The zero-order valence-electron chi connectivity index (χ0n) is 10.5. The maximum Gasteiger partial charge on any atom is 0.306 e. The lowest BCUT2D eigenvalue weighted by Crippen LogP contribution is -2.31. The molecular weight excluding hydrogens is 220 g/mol. The molecule has 1 saturated carbocycles. The van der Waals surface area contributed by atoms with E-state index in [2.05, 4.69) is 0 Å². The highest BCUT2D eigenvalue weighted by Crippen LogP contribution is 2.30. The van der Waals surface area contributed by atoms with Crippen LogP contribution >= 0.6 is 0 Å². The molecule has 0 heterocycles. The Labute approximate surface area is 102 Å². The second-order valence-corrected chi connectivity index (χ2v) is 4.64. The number of carbonyl (C=O) groups is 3. The predicted molar refractivity (Wildman–Crippen MR) is 62.4 cm³/mol. The van der Waals surface area contributed by atoms with E-state index in [-0.39, 0.29) is 35.8 Å². The molecule has 4 heteroatoms. The third kappa shape index (κ3) is 4.29. The maximum atomic E-state index is 12.0. The number of carbonyl (C=O) groups excluding carboxylic acids is 3. The summed E-state index contributed by atoms with van der Waals surface area (Å²) in [5.41, 5.74) is 0. The third-order valence-electron chi connectivity index (χ3n) is 3.16. The molecule has 0 radical (unpaired) electrons. The minimum Gasteiger partial charge on any atom is -0.466 e. The normalized spacial score (nSPS) is 24.5. The van der Waals surface area contributed by atoms with Gasteiger partial charge in [0.2, 0.25) is 0 Å². The number of ketones is 2. The van der Waals surface area contributed by atoms with Crippen LogP contribution in [0.3, 0.4) is 0 Å². The van der Waals surface area contributed by atoms with E-state index < -0.39 is 0 Å². The van der Waals surface area contributed by atoms with Crippen molar-refractivity contribution in [3.8, 4) is 0 Å². The second kappa shape index (κ2) is 6.52. The Morgan fingerprint density at radius 1 is 1.24 bits per heavy atom. The summed E-state index contributed by atoms with van der Waals surface area (Å²) >= 11 is 0. The first-order valence-electron chi connectivity index (χ1n) is 6.23. The predicted octanol–water partition coefficient (Wildman–Crippen LogP) is 1.90. The lowest BCUT2D eigenvalue weighted by Gasteiger charge is -2.26. The fourth-order valence-corrected chi connectivity index (χ4v) is 2.40. The van der Waals surface area contributed by atoms with Gasteiger partial charge in [0.15, 0.2) is 0 Å². The van der Waals surface area contributed by atoms with E-state index in [1.54, 1.807) is 6.92 Å². The molecule has 1 aliphatic rings. The average Bonchev–Trinajstić information content (AvgIpc) is 2.23. The van der Waals surface area contributed by atoms with Crippen LogP contribution in [0.25, 0.3) is 0 Å². The van der Waals surface area contributed by atoms with Gasteiger partial charge >= 0.3 is 5.97 Å². The lowest BCUT2D eigenvalue weighted by molar-refractivity contribution is -0.147. The van der Waals surface area contributed by atoms with Crippen molar-refractivity contribution >= 4 is 17.5 Å². The molecule has 17 heavy (non-hydrogen) atoms. The molecule has 0 unspecified atom stereocenters. The molecule has 4 nitrogen and oxygen atoms in total. The van der Waals surface area contributed by atoms with Crippen molar-refractivity contribution in [1.29, 1.82) is 0 Å². The maximum absolute atomic E-state index is 12.0. The number of hydrogen-bond donors (Lipinski definition) is 0. The Bertz CT molecular complexity index is 309. The molecule has 0 aliphatic heterocycles. The summed E-state index contributed by atoms with van der Waals surface area (Å²) in [5.74, 6) is -0.623. The quantitative estimate of drug-likeness (QED) is 0.689. The molecule has 0 bridgehead atoms. The molecule has 0 aromatic heterocycles. The van der Waals surface area contributed by atoms with Crippen LogP contribution < -0.4 is 0 Å². The largest absolute Gasteiger partial charge is 0.466 e. The van der Waals surface area contributed by atoms with E-state index in [1.165, 1.54) is 6.92 Å². The summed E-state index contributed by atoms with van der Waals surface area (Å²) < 4.78 is 4.85. The Balaban J connectivity index is 2.53. The van der Waals surface area contributed by atoms with Crippen LogP contribution in [0.2, 0.25) is 0 Å². The van der Waals surface area contributed by atoms with Crippen molar-refractivity contribution in [3.05, 3.63) is 0 Å². The molecule has 0 saturated heterocycles. The van der Waals surface area contributed by atoms with Gasteiger partial charge in [-0.3, -0.25) is 9.59 Å². The van der Waals surface area contributed by atoms with E-state index in [9.17, 15) is 14.4 Å². The van der Waals surface area contributed by atoms with E-state index in [0.717, 1.165) is 19.3 Å². The van der Waals surface area contributed by atoms with Crippen molar-refractivity contribution in [2.24, 2.45) is 11.8 Å². The summed E-state index contributed by atoms with van der Waals surface area (Å²) in [6.07, 6.45) is 2.91. The number of Topliss-reactive ketones (excluding diaryl/α,β-unsaturated/α-hetero) is 2. The Morgan fingerprint density at radius 3 is 2.35 bits per heavy atom. The monoisotopic (exact) mass is 240 g/mol. The SMILES string of the molecule is CCOC(=O)C[C@H]1CCC[C@H](CC(C)=O)C1=O. The number of ether oxygens (including phenoxy) is 1. The Morgan fingerprint density at radius 2 is 1.82 bits per heavy atom. The molecule has 0 amide bonds. The van der Waals surface area contributed by atoms with Gasteiger partial charge in [0.05, 0.1) is 13.0 Å². The molecule has 0 N–H and O–H groups in total. The highest BCUT2D eigenvalue weighted by Gasteiger charge is 2.33. The molecule has 1 fully saturated rings. The minimum absolute atomic E-state index is 0.0418. The summed E-state index contributed by atoms with van der Waals surface area (Å²) in [7, 11) is 0. The average molecular weight is 240 g/mol. The molecular formula is C13H20O4. The van der Waals surface area contributed by atoms with Gasteiger partial charge in [-0.1, -0.05) is 6.42 Å². The zero-order valence-corrected chi connectivity index (χ0v) is 10.5. The fourth-order valence-electron chi connectivity index (χ4n) is 2.40. The van der Waals surface area contributed by atoms with Gasteiger partial charge in [0.1, 0.15) is 11.6 Å². The van der Waals surface area contributed by atoms with Crippen LogP contribution in [0.4, 0.5) is 0 Å². The summed E-state index contributed by atoms with van der Waals surface area (Å²) in [5, 5.41) is 0. The summed E-state index contributed by atoms with van der Waals surface area (Å²) in [4.78, 5) is 34.4. The first-order chi connectivity index (χ1) is 8.04. The smallest absolute Gasteiger partial charge is 0.306 e. The number of rotatable bonds is 5. The first kappa shape index (κ1) is 13.9. The van der Waals surface area contributed by atoms with Gasteiger partial charge in [-0.05, 0) is 26.7 Å². The molecule has 96 valence electrons. The van der Waals surface area contributed by atoms with E-state index in [1.807, 2.05) is 0 Å². The number of esters is 1.